The molecule has 6 atom stereocenters. The van der Waals surface area contributed by atoms with E-state index in [0.29, 0.717) is 11.8 Å². The fourth-order valence-corrected chi connectivity index (χ4v) is 4.97. The molecule has 5 unspecified atom stereocenters. The molecule has 0 amide bonds. The van der Waals surface area contributed by atoms with E-state index < -0.39 is 0 Å². The number of carbonyl (C=O) groups excluding carboxylic acids is 2. The van der Waals surface area contributed by atoms with E-state index in [1.165, 1.54) is 33.1 Å². The highest BCUT2D eigenvalue weighted by atomic mass is 16.6. The van der Waals surface area contributed by atoms with Crippen molar-refractivity contribution in [3.63, 3.8) is 0 Å². The average molecular weight is 281 g/mol. The summed E-state index contributed by atoms with van der Waals surface area (Å²) in [7, 11) is 0. The van der Waals surface area contributed by atoms with Gasteiger partial charge in [0, 0.05) is 19.9 Å². The third-order valence-corrected chi connectivity index (χ3v) is 5.67. The van der Waals surface area contributed by atoms with Crippen LogP contribution in [0.3, 0.4) is 0 Å². The van der Waals surface area contributed by atoms with Crippen molar-refractivity contribution in [1.29, 1.82) is 0 Å². The normalized spacial score (nSPS) is 45.9. The summed E-state index contributed by atoms with van der Waals surface area (Å²) in [5.41, 5.74) is 6.47. The van der Waals surface area contributed by atoms with Gasteiger partial charge in [0.1, 0.15) is 12.2 Å². The Bertz CT molecular complexity index is 408. The number of esters is 2. The van der Waals surface area contributed by atoms with Gasteiger partial charge < -0.3 is 15.2 Å². The van der Waals surface area contributed by atoms with Gasteiger partial charge in [-0.1, -0.05) is 0 Å². The minimum atomic E-state index is -0.332. The summed E-state index contributed by atoms with van der Waals surface area (Å²) in [5, 5.41) is 0. The third-order valence-electron chi connectivity index (χ3n) is 5.67. The zero-order valence-electron chi connectivity index (χ0n) is 12.1. The van der Waals surface area contributed by atoms with Gasteiger partial charge in [-0.05, 0) is 49.4 Å². The lowest BCUT2D eigenvalue weighted by Crippen LogP contribution is -2.45. The molecule has 0 aromatic carbocycles. The highest BCUT2D eigenvalue weighted by Crippen LogP contribution is 2.62. The Morgan fingerprint density at radius 2 is 1.60 bits per heavy atom. The summed E-state index contributed by atoms with van der Waals surface area (Å²) in [5.74, 6) is 0.553. The summed E-state index contributed by atoms with van der Waals surface area (Å²) in [6.07, 6.45) is 4.42. The minimum Gasteiger partial charge on any atom is -0.459 e. The topological polar surface area (TPSA) is 78.6 Å². The van der Waals surface area contributed by atoms with Gasteiger partial charge >= 0.3 is 11.9 Å². The molecular weight excluding hydrogens is 258 g/mol. The predicted molar refractivity (Wildman–Crippen MR) is 71.6 cm³/mol. The van der Waals surface area contributed by atoms with E-state index in [1.54, 1.807) is 0 Å². The molecule has 3 fully saturated rings. The van der Waals surface area contributed by atoms with Crippen LogP contribution in [0.1, 0.15) is 46.0 Å². The number of nitrogens with two attached hydrogens (primary N) is 1. The maximum Gasteiger partial charge on any atom is 0.303 e. The lowest BCUT2D eigenvalue weighted by Gasteiger charge is -2.39. The van der Waals surface area contributed by atoms with Gasteiger partial charge in [0.15, 0.2) is 0 Å². The predicted octanol–water partition coefficient (Wildman–Crippen LogP) is 1.39. The van der Waals surface area contributed by atoms with E-state index in [1.807, 2.05) is 0 Å². The van der Waals surface area contributed by atoms with Crippen molar-refractivity contribution in [2.24, 2.45) is 23.0 Å². The van der Waals surface area contributed by atoms with Crippen LogP contribution in [-0.2, 0) is 19.1 Å². The summed E-state index contributed by atoms with van der Waals surface area (Å²) < 4.78 is 10.8. The third kappa shape index (κ3) is 2.03. The first-order chi connectivity index (χ1) is 9.42. The Kier molecular flexibility index (Phi) is 3.27. The van der Waals surface area contributed by atoms with Crippen molar-refractivity contribution in [3.05, 3.63) is 0 Å². The Balaban J connectivity index is 1.81. The van der Waals surface area contributed by atoms with Crippen molar-refractivity contribution in [3.8, 4) is 0 Å². The molecule has 0 aromatic heterocycles. The number of fused-ring (bicyclic) bond motifs is 3. The molecule has 112 valence electrons. The maximum atomic E-state index is 11.3. The summed E-state index contributed by atoms with van der Waals surface area (Å²) >= 11 is 0. The number of rotatable bonds is 2. The Morgan fingerprint density at radius 3 is 2.00 bits per heavy atom. The first-order valence-electron chi connectivity index (χ1n) is 7.52. The Morgan fingerprint density at radius 1 is 1.05 bits per heavy atom. The molecule has 3 saturated carbocycles. The first-order valence-corrected chi connectivity index (χ1v) is 7.52. The number of ether oxygens (including phenoxy) is 2. The van der Waals surface area contributed by atoms with Gasteiger partial charge in [-0.2, -0.15) is 0 Å². The molecular formula is C15H23NO4. The second-order valence-electron chi connectivity index (χ2n) is 6.73. The lowest BCUT2D eigenvalue weighted by molar-refractivity contribution is -0.162. The molecule has 2 bridgehead atoms. The van der Waals surface area contributed by atoms with Gasteiger partial charge in [-0.3, -0.25) is 9.59 Å². The average Bonchev–Trinajstić information content (AvgIpc) is 2.98. The van der Waals surface area contributed by atoms with Crippen LogP contribution >= 0.6 is 0 Å². The van der Waals surface area contributed by atoms with Crippen LogP contribution in [0.4, 0.5) is 0 Å². The quantitative estimate of drug-likeness (QED) is 0.774. The zero-order valence-corrected chi connectivity index (χ0v) is 12.1. The second kappa shape index (κ2) is 4.72. The van der Waals surface area contributed by atoms with Crippen molar-refractivity contribution in [1.82, 2.24) is 0 Å². The van der Waals surface area contributed by atoms with Crippen molar-refractivity contribution in [2.75, 3.05) is 0 Å². The van der Waals surface area contributed by atoms with E-state index in [2.05, 4.69) is 0 Å². The van der Waals surface area contributed by atoms with E-state index in [-0.39, 0.29) is 35.6 Å². The van der Waals surface area contributed by atoms with Gasteiger partial charge in [0.25, 0.3) is 0 Å². The molecule has 0 heterocycles. The lowest BCUT2D eigenvalue weighted by atomic mass is 9.69. The fraction of sp³-hybridized carbons (Fsp3) is 0.867. The standard InChI is InChI=1S/C15H23NO4/c1-8(17)19-12-6-15(7-13(12)20-9(2)18)11-4-3-10(5-11)14(15)16/h10-14H,3-7,16H2,1-2H3/t10?,11?,12-,13?,14?,15?/m1/s1. The monoisotopic (exact) mass is 281 g/mol. The fourth-order valence-electron chi connectivity index (χ4n) is 4.97. The van der Waals surface area contributed by atoms with E-state index in [9.17, 15) is 9.59 Å². The van der Waals surface area contributed by atoms with Crippen molar-refractivity contribution in [2.45, 2.75) is 64.2 Å². The summed E-state index contributed by atoms with van der Waals surface area (Å²) in [6.45, 7) is 2.80. The highest BCUT2D eigenvalue weighted by Gasteiger charge is 2.62. The Hall–Kier alpha value is -1.10. The molecule has 3 aliphatic carbocycles. The molecule has 5 nitrogen and oxygen atoms in total. The molecule has 3 rings (SSSR count). The molecule has 0 aromatic rings. The molecule has 2 N–H and O–H groups in total. The van der Waals surface area contributed by atoms with Gasteiger partial charge in [-0.15, -0.1) is 0 Å². The van der Waals surface area contributed by atoms with Gasteiger partial charge in [-0.25, -0.2) is 0 Å². The largest absolute Gasteiger partial charge is 0.459 e. The smallest absolute Gasteiger partial charge is 0.303 e. The van der Waals surface area contributed by atoms with Crippen LogP contribution in [0.15, 0.2) is 0 Å². The van der Waals surface area contributed by atoms with Crippen molar-refractivity contribution < 1.29 is 19.1 Å². The molecule has 1 spiro atoms. The molecule has 5 heteroatoms. The van der Waals surface area contributed by atoms with Crippen LogP contribution in [0.5, 0.6) is 0 Å². The number of hydrogen-bond acceptors (Lipinski definition) is 5. The van der Waals surface area contributed by atoms with E-state index in [4.69, 9.17) is 15.2 Å². The zero-order chi connectivity index (χ0) is 14.5. The van der Waals surface area contributed by atoms with Crippen LogP contribution in [0, 0.1) is 17.3 Å². The summed E-state index contributed by atoms with van der Waals surface area (Å²) in [4.78, 5) is 22.6. The maximum absolute atomic E-state index is 11.3. The summed E-state index contributed by atoms with van der Waals surface area (Å²) in [6, 6.07) is 0.153. The van der Waals surface area contributed by atoms with E-state index >= 15 is 0 Å². The van der Waals surface area contributed by atoms with Gasteiger partial charge in [0.2, 0.25) is 0 Å². The molecule has 20 heavy (non-hydrogen) atoms. The highest BCUT2D eigenvalue weighted by molar-refractivity contribution is 5.67. The molecule has 0 radical (unpaired) electrons. The number of hydrogen-bond donors (Lipinski definition) is 1. The van der Waals surface area contributed by atoms with Crippen LogP contribution in [0.25, 0.3) is 0 Å². The Labute approximate surface area is 119 Å². The van der Waals surface area contributed by atoms with Crippen molar-refractivity contribution >= 4 is 11.9 Å². The minimum absolute atomic E-state index is 0.00313. The van der Waals surface area contributed by atoms with Gasteiger partial charge in [0.05, 0.1) is 0 Å². The van der Waals surface area contributed by atoms with Crippen LogP contribution in [-0.4, -0.2) is 30.2 Å². The van der Waals surface area contributed by atoms with Crippen LogP contribution < -0.4 is 5.73 Å². The second-order valence-corrected chi connectivity index (χ2v) is 6.73. The number of carbonyl (C=O) groups is 2. The molecule has 0 aliphatic heterocycles. The van der Waals surface area contributed by atoms with E-state index in [0.717, 1.165) is 12.8 Å². The van der Waals surface area contributed by atoms with Crippen LogP contribution in [0.2, 0.25) is 0 Å². The first kappa shape index (κ1) is 13.9. The SMILES string of the molecule is CC(=O)OC1CC2(C[C@H]1OC(C)=O)C1CCC(C1)C2N. The molecule has 3 aliphatic rings. The molecule has 0 saturated heterocycles.